The van der Waals surface area contributed by atoms with Crippen LogP contribution in [0, 0.1) is 0 Å². The minimum atomic E-state index is -2.32. The normalized spacial score (nSPS) is 47.9. The summed E-state index contributed by atoms with van der Waals surface area (Å²) in [6.45, 7) is -3.62. The Bertz CT molecular complexity index is 2330. The van der Waals surface area contributed by atoms with E-state index in [9.17, 15) is 97.0 Å². The minimum absolute atomic E-state index is 0.108. The van der Waals surface area contributed by atoms with Gasteiger partial charge in [0.25, 0.3) is 0 Å². The molecule has 21 fully saturated rings. The molecule has 21 saturated heterocycles. The molecular formula is C54H97N5O33S2+2. The molecular weight excluding hydrogens is 1310 g/mol. The third-order valence-corrected chi connectivity index (χ3v) is 19.7. The zero-order valence-electron chi connectivity index (χ0n) is 51.3. The van der Waals surface area contributed by atoms with E-state index in [1.807, 2.05) is 0 Å². The highest BCUT2D eigenvalue weighted by Crippen LogP contribution is 2.39. The number of unbranched alkanes of at least 4 members (excludes halogenated alkanes) is 3. The molecule has 14 unspecified atom stereocenters. The van der Waals surface area contributed by atoms with Crippen LogP contribution in [-0.4, -0.2) is 393 Å². The molecule has 0 aromatic carbocycles. The summed E-state index contributed by atoms with van der Waals surface area (Å²) in [7, 11) is 1.75. The van der Waals surface area contributed by atoms with E-state index in [0.29, 0.717) is 36.1 Å². The molecule has 0 aromatic heterocycles. The maximum absolute atomic E-state index is 11.9. The largest absolute Gasteiger partial charge is 0.394 e. The second-order valence-electron chi connectivity index (χ2n) is 24.0. The van der Waals surface area contributed by atoms with Crippen molar-refractivity contribution >= 4 is 35.2 Å². The van der Waals surface area contributed by atoms with Crippen LogP contribution in [0.25, 0.3) is 0 Å². The Morgan fingerprint density at radius 3 is 0.904 bits per heavy atom. The molecule has 546 valence electrons. The van der Waals surface area contributed by atoms with Crippen LogP contribution in [0.4, 0.5) is 0 Å². The standard InChI is InChI=1S/C54H95N5O33S2/c1-58-24(56)6-4-2-3-5-7-25(57)59-9-11-94-17-23-45-31(69)38(76)53(84-23)86-41-19(13-61)79-48(33(71)26(41)64)85-40-18(12-60)80-49(34(72)27(40)65)89-44-22(16-93-10-8-55)83-52(37(75)30(44)68)87-42-20(14-62)82-51(36(74)29(42)67)91-46-32(70)39(77)54(92-47(46)78)88-43-21(15-63)81-50(90-45)35(73)28(43)66/h18-23,26-54,60-78H,2-17,55H2,1H3,(H2,56,58)(H2,57,59)/p+2/t18?,19?,20?,21?,22?,23?,26-,27-,28-,29-,30-,31-,32-,33?,34?,35?,36?,37?,38?,39?,40-,41-,42-,43-,44-,45-,46+,47?,48+,49+,50-,51-,52+,53-,54+/m1/s1. The average Bonchev–Trinajstić information content (AvgIpc) is 0.797. The number of hydrogen-bond acceptors (Lipinski definition) is 36. The Kier molecular flexibility index (Phi) is 30.1. The van der Waals surface area contributed by atoms with Gasteiger partial charge in [0.15, 0.2) is 50.3 Å². The number of nitrogens with one attached hydrogen (secondary N) is 2. The van der Waals surface area contributed by atoms with Crippen molar-refractivity contribution in [3.05, 3.63) is 0 Å². The fourth-order valence-electron chi connectivity index (χ4n) is 12.1. The van der Waals surface area contributed by atoms with Crippen LogP contribution in [0.15, 0.2) is 0 Å². The van der Waals surface area contributed by atoms with E-state index < -0.39 is 242 Å². The lowest BCUT2D eigenvalue weighted by Crippen LogP contribution is -2.76. The van der Waals surface area contributed by atoms with Crippen LogP contribution in [0.2, 0.25) is 0 Å². The van der Waals surface area contributed by atoms with Crippen molar-refractivity contribution < 1.29 is 173 Å². The zero-order valence-corrected chi connectivity index (χ0v) is 52.9. The number of rotatable bonds is 20. The Morgan fingerprint density at radius 2 is 0.596 bits per heavy atom. The smallest absolute Gasteiger partial charge is 0.240 e. The number of aliphatic hydroxyl groups is 19. The molecule has 38 nitrogen and oxygen atoms in total. The summed E-state index contributed by atoms with van der Waals surface area (Å²) in [6.07, 6.45) is -64.3. The average molecular weight is 1410 g/mol. The number of amidine groups is 2. The van der Waals surface area contributed by atoms with E-state index in [1.165, 1.54) is 11.8 Å². The summed E-state index contributed by atoms with van der Waals surface area (Å²) in [5, 5.41) is 216. The molecule has 21 aliphatic heterocycles. The van der Waals surface area contributed by atoms with Crippen LogP contribution in [0.3, 0.4) is 0 Å². The lowest BCUT2D eigenvalue weighted by molar-refractivity contribution is -0.453. The predicted octanol–water partition coefficient (Wildman–Crippen LogP) is -16.0. The first-order valence-electron chi connectivity index (χ1n) is 31.2. The van der Waals surface area contributed by atoms with Crippen LogP contribution in [0.5, 0.6) is 0 Å². The lowest BCUT2D eigenvalue weighted by atomic mass is 9.95. The molecule has 14 bridgehead atoms. The number of nitrogens with two attached hydrogens (primary N) is 3. The van der Waals surface area contributed by atoms with E-state index in [0.717, 1.165) is 43.9 Å². The predicted molar refractivity (Wildman–Crippen MR) is 312 cm³/mol. The van der Waals surface area contributed by atoms with Gasteiger partial charge < -0.3 is 169 Å². The Labute approximate surface area is 547 Å². The van der Waals surface area contributed by atoms with E-state index in [1.54, 1.807) is 7.05 Å². The van der Waals surface area contributed by atoms with Crippen LogP contribution >= 0.6 is 23.5 Å². The summed E-state index contributed by atoms with van der Waals surface area (Å²) < 4.78 is 82.3. The highest BCUT2D eigenvalue weighted by Gasteiger charge is 2.59. The Hall–Kier alpha value is -1.72. The van der Waals surface area contributed by atoms with Crippen molar-refractivity contribution in [3.8, 4) is 0 Å². The van der Waals surface area contributed by atoms with Crippen molar-refractivity contribution in [1.82, 2.24) is 0 Å². The molecule has 0 aliphatic carbocycles. The summed E-state index contributed by atoms with van der Waals surface area (Å²) in [5.41, 5.74) is 17.8. The van der Waals surface area contributed by atoms with Gasteiger partial charge in [0, 0.05) is 42.4 Å². The van der Waals surface area contributed by atoms with Crippen LogP contribution < -0.4 is 27.2 Å². The summed E-state index contributed by atoms with van der Waals surface area (Å²) in [6, 6.07) is 0. The number of ether oxygens (including phenoxy) is 14. The molecule has 21 aliphatic rings. The van der Waals surface area contributed by atoms with Gasteiger partial charge in [-0.1, -0.05) is 12.8 Å². The first-order chi connectivity index (χ1) is 44.9. The topological polar surface area (TPSA) is 620 Å². The number of aliphatic hydroxyl groups excluding tert-OH is 19. The third-order valence-electron chi connectivity index (χ3n) is 17.5. The van der Waals surface area contributed by atoms with E-state index in [2.05, 4.69) is 9.98 Å². The molecule has 21 rings (SSSR count). The van der Waals surface area contributed by atoms with Crippen molar-refractivity contribution in [2.75, 3.05) is 69.6 Å². The van der Waals surface area contributed by atoms with Gasteiger partial charge in [-0.05, 0) is 12.8 Å². The van der Waals surface area contributed by atoms with Gasteiger partial charge in [-0.3, -0.25) is 21.5 Å². The van der Waals surface area contributed by atoms with Crippen molar-refractivity contribution in [1.29, 1.82) is 0 Å². The van der Waals surface area contributed by atoms with Gasteiger partial charge in [-0.25, -0.2) is 0 Å². The minimum Gasteiger partial charge on any atom is -0.394 e. The SMILES string of the molecule is C[NH+]=C(N)CCCCCCC(N)=[NH+]CCSCC1O[C@@H]2O[C@@H]3C(CO)O[C@@H](O[C@@H]4C(CO)O[C@@H](O[C@@H]5C(CSCCN)O[C@@H](O[C@@H]6C(CO)O[C@H](O[C@@H]7C(O)O[C@H](O[C@@H]8C(CO)O[C@H](O[C@H]1[C@H](O)C2O)C(O)[C@H]8O)C(O)[C@H]7O)C(O)[C@H]6O)C(O)[C@H]5O)C(O)[C@H]4O)C(O)[C@H]3O. The second-order valence-corrected chi connectivity index (χ2v) is 26.3. The van der Waals surface area contributed by atoms with E-state index in [4.69, 9.17) is 83.5 Å². The molecule has 0 saturated carbocycles. The quantitative estimate of drug-likeness (QED) is 0.0306. The molecule has 0 radical (unpaired) electrons. The molecule has 0 amide bonds. The van der Waals surface area contributed by atoms with Gasteiger partial charge in [-0.2, -0.15) is 23.5 Å². The van der Waals surface area contributed by atoms with Gasteiger partial charge >= 0.3 is 0 Å². The highest BCUT2D eigenvalue weighted by atomic mass is 32.2. The first kappa shape index (κ1) is 78.0. The number of thioether (sulfide) groups is 2. The van der Waals surface area contributed by atoms with E-state index in [-0.39, 0.29) is 18.1 Å². The molecule has 0 spiro atoms. The number of hydrogen-bond donors (Lipinski definition) is 24. The molecule has 27 N–H and O–H groups in total. The van der Waals surface area contributed by atoms with Gasteiger partial charge in [-0.15, -0.1) is 0 Å². The highest BCUT2D eigenvalue weighted by molar-refractivity contribution is 7.99. The fraction of sp³-hybridized carbons (Fsp3) is 0.963. The Balaban J connectivity index is 1.06. The summed E-state index contributed by atoms with van der Waals surface area (Å²) in [5.74, 6) is 1.60. The first-order valence-corrected chi connectivity index (χ1v) is 33.5. The van der Waals surface area contributed by atoms with Gasteiger partial charge in [0.2, 0.25) is 11.7 Å². The maximum atomic E-state index is 11.9. The molecule has 0 aromatic rings. The third kappa shape index (κ3) is 18.3. The summed E-state index contributed by atoms with van der Waals surface area (Å²) in [4.78, 5) is 6.05. The van der Waals surface area contributed by atoms with Crippen LogP contribution in [0.1, 0.15) is 38.5 Å². The van der Waals surface area contributed by atoms with Crippen LogP contribution in [-0.2, 0) is 66.3 Å². The monoisotopic (exact) mass is 1410 g/mol. The van der Waals surface area contributed by atoms with E-state index >= 15 is 0 Å². The maximum Gasteiger partial charge on any atom is 0.240 e. The van der Waals surface area contributed by atoms with Gasteiger partial charge in [0.05, 0.1) is 52.2 Å². The molecule has 40 heteroatoms. The van der Waals surface area contributed by atoms with Crippen molar-refractivity contribution in [2.24, 2.45) is 17.2 Å². The zero-order chi connectivity index (χ0) is 68.4. The second kappa shape index (κ2) is 36.2. The molecule has 35 atom stereocenters. The molecule has 21 heterocycles. The fourth-order valence-corrected chi connectivity index (χ4v) is 13.8. The van der Waals surface area contributed by atoms with Gasteiger partial charge in [0.1, 0.15) is 153 Å². The summed E-state index contributed by atoms with van der Waals surface area (Å²) >= 11 is 2.36. The Morgan fingerprint density at radius 1 is 0.330 bits per heavy atom. The lowest BCUT2D eigenvalue weighted by Gasteiger charge is -2.50. The molecule has 94 heavy (non-hydrogen) atoms. The van der Waals surface area contributed by atoms with Crippen molar-refractivity contribution in [2.45, 2.75) is 254 Å². The van der Waals surface area contributed by atoms with Crippen molar-refractivity contribution in [3.63, 3.8) is 0 Å².